The van der Waals surface area contributed by atoms with E-state index in [0.29, 0.717) is 12.1 Å². The summed E-state index contributed by atoms with van der Waals surface area (Å²) in [6.07, 6.45) is 3.42. The van der Waals surface area contributed by atoms with Crippen LogP contribution in [-0.4, -0.2) is 19.5 Å². The number of nitrogen functional groups attached to an aromatic ring is 1. The quantitative estimate of drug-likeness (QED) is 0.453. The molecular weight excluding hydrogens is 390 g/mol. The van der Waals surface area contributed by atoms with Crippen LogP contribution in [0, 0.1) is 25.2 Å². The second-order valence-corrected chi connectivity index (χ2v) is 6.99. The zero-order valence-corrected chi connectivity index (χ0v) is 17.2. The number of para-hydroxylation sites is 1. The Labute approximate surface area is 179 Å². The standard InChI is InChI=1S/C23H21N7O/c1-15-11-17(16(2)30(15)14-20-9-6-10-31-20)12-18(13-24)21-27-22(25)29-23(28-21)26-19-7-4-3-5-8-19/h3-12H,14H2,1-2H3,(H3,25,26,27,28,29)/b18-12+. The van der Waals surface area contributed by atoms with Crippen LogP contribution in [0.5, 0.6) is 0 Å². The van der Waals surface area contributed by atoms with Gasteiger partial charge in [-0.25, -0.2) is 0 Å². The first-order valence-electron chi connectivity index (χ1n) is 9.68. The summed E-state index contributed by atoms with van der Waals surface area (Å²) in [5.74, 6) is 1.38. The maximum atomic E-state index is 9.78. The van der Waals surface area contributed by atoms with Gasteiger partial charge in [-0.15, -0.1) is 0 Å². The van der Waals surface area contributed by atoms with Crippen LogP contribution < -0.4 is 11.1 Å². The number of aromatic nitrogens is 4. The van der Waals surface area contributed by atoms with Crippen molar-refractivity contribution in [2.24, 2.45) is 0 Å². The van der Waals surface area contributed by atoms with Crippen LogP contribution in [0.1, 0.15) is 28.5 Å². The summed E-state index contributed by atoms with van der Waals surface area (Å²) >= 11 is 0. The molecule has 0 aliphatic heterocycles. The van der Waals surface area contributed by atoms with Gasteiger partial charge >= 0.3 is 0 Å². The van der Waals surface area contributed by atoms with Gasteiger partial charge in [0.1, 0.15) is 11.8 Å². The average Bonchev–Trinajstić information content (AvgIpc) is 3.36. The number of allylic oxidation sites excluding steroid dienone is 1. The average molecular weight is 411 g/mol. The minimum absolute atomic E-state index is 0.0351. The van der Waals surface area contributed by atoms with Crippen LogP contribution in [0.3, 0.4) is 0 Å². The smallest absolute Gasteiger partial charge is 0.232 e. The molecule has 0 aliphatic rings. The van der Waals surface area contributed by atoms with Crippen LogP contribution in [0.15, 0.2) is 59.2 Å². The molecule has 154 valence electrons. The molecule has 0 atom stereocenters. The number of aryl methyl sites for hydroxylation is 1. The Balaban J connectivity index is 1.67. The fourth-order valence-electron chi connectivity index (χ4n) is 3.30. The molecule has 3 aromatic heterocycles. The predicted octanol–water partition coefficient (Wildman–Crippen LogP) is 4.32. The van der Waals surface area contributed by atoms with Crippen molar-refractivity contribution in [3.8, 4) is 6.07 Å². The van der Waals surface area contributed by atoms with Crippen molar-refractivity contribution in [2.45, 2.75) is 20.4 Å². The summed E-state index contributed by atoms with van der Waals surface area (Å²) in [6.45, 7) is 4.63. The highest BCUT2D eigenvalue weighted by atomic mass is 16.3. The molecule has 0 amide bonds. The van der Waals surface area contributed by atoms with Crippen molar-refractivity contribution in [1.82, 2.24) is 19.5 Å². The fraction of sp³-hybridized carbons (Fsp3) is 0.130. The molecule has 0 unspecified atom stereocenters. The molecule has 0 saturated heterocycles. The van der Waals surface area contributed by atoms with E-state index >= 15 is 0 Å². The van der Waals surface area contributed by atoms with Gasteiger partial charge in [-0.1, -0.05) is 18.2 Å². The lowest BCUT2D eigenvalue weighted by Gasteiger charge is -2.08. The van der Waals surface area contributed by atoms with Crippen molar-refractivity contribution in [1.29, 1.82) is 5.26 Å². The van der Waals surface area contributed by atoms with Crippen molar-refractivity contribution in [3.05, 3.63) is 83.3 Å². The third-order valence-electron chi connectivity index (χ3n) is 4.85. The van der Waals surface area contributed by atoms with Gasteiger partial charge in [-0.3, -0.25) is 0 Å². The van der Waals surface area contributed by atoms with Gasteiger partial charge in [0, 0.05) is 17.1 Å². The Morgan fingerprint density at radius 1 is 1.16 bits per heavy atom. The second kappa shape index (κ2) is 8.55. The Hall–Kier alpha value is -4.38. The van der Waals surface area contributed by atoms with Gasteiger partial charge in [0.25, 0.3) is 0 Å². The Kier molecular flexibility index (Phi) is 5.49. The summed E-state index contributed by atoms with van der Waals surface area (Å²) < 4.78 is 7.60. The largest absolute Gasteiger partial charge is 0.467 e. The van der Waals surface area contributed by atoms with Crippen LogP contribution >= 0.6 is 0 Å². The predicted molar refractivity (Wildman–Crippen MR) is 119 cm³/mol. The molecular formula is C23H21N7O. The van der Waals surface area contributed by atoms with Gasteiger partial charge in [0.2, 0.25) is 11.9 Å². The molecule has 3 N–H and O–H groups in total. The maximum absolute atomic E-state index is 9.78. The zero-order valence-electron chi connectivity index (χ0n) is 17.2. The highest BCUT2D eigenvalue weighted by molar-refractivity contribution is 5.88. The third-order valence-corrected chi connectivity index (χ3v) is 4.85. The molecule has 3 heterocycles. The minimum atomic E-state index is 0.0351. The summed E-state index contributed by atoms with van der Waals surface area (Å²) in [6, 6.07) is 17.5. The lowest BCUT2D eigenvalue weighted by atomic mass is 10.1. The van der Waals surface area contributed by atoms with Gasteiger partial charge in [0.15, 0.2) is 5.82 Å². The van der Waals surface area contributed by atoms with Crippen LogP contribution in [0.2, 0.25) is 0 Å². The third kappa shape index (κ3) is 4.46. The normalized spacial score (nSPS) is 11.3. The fourth-order valence-corrected chi connectivity index (χ4v) is 3.30. The Morgan fingerprint density at radius 3 is 2.68 bits per heavy atom. The number of nitrogens with one attached hydrogen (secondary N) is 1. The maximum Gasteiger partial charge on any atom is 0.232 e. The minimum Gasteiger partial charge on any atom is -0.467 e. The number of hydrogen-bond donors (Lipinski definition) is 2. The van der Waals surface area contributed by atoms with Crippen LogP contribution in [-0.2, 0) is 6.54 Å². The molecule has 4 rings (SSSR count). The summed E-state index contributed by atoms with van der Waals surface area (Å²) in [5, 5.41) is 12.9. The van der Waals surface area contributed by atoms with E-state index in [-0.39, 0.29) is 17.7 Å². The van der Waals surface area contributed by atoms with E-state index in [1.54, 1.807) is 12.3 Å². The van der Waals surface area contributed by atoms with Gasteiger partial charge in [-0.05, 0) is 55.8 Å². The molecule has 0 aliphatic carbocycles. The first kappa shape index (κ1) is 19.9. The zero-order chi connectivity index (χ0) is 21.8. The molecule has 4 aromatic rings. The summed E-state index contributed by atoms with van der Waals surface area (Å²) in [7, 11) is 0. The van der Waals surface area contributed by atoms with E-state index in [1.807, 2.05) is 62.4 Å². The first-order chi connectivity index (χ1) is 15.0. The van der Waals surface area contributed by atoms with E-state index in [1.165, 1.54) is 0 Å². The molecule has 0 bridgehead atoms. The SMILES string of the molecule is Cc1cc(/C=C(\C#N)c2nc(N)nc(Nc3ccccc3)n2)c(C)n1Cc1ccco1. The number of anilines is 3. The first-order valence-corrected chi connectivity index (χ1v) is 9.68. The van der Waals surface area contributed by atoms with Crippen LogP contribution in [0.25, 0.3) is 11.6 Å². The number of hydrogen-bond acceptors (Lipinski definition) is 7. The van der Waals surface area contributed by atoms with E-state index in [2.05, 4.69) is 30.9 Å². The molecule has 1 aromatic carbocycles. The molecule has 0 spiro atoms. The molecule has 0 fully saturated rings. The molecule has 0 saturated carbocycles. The molecule has 8 nitrogen and oxygen atoms in total. The number of rotatable bonds is 6. The van der Waals surface area contributed by atoms with Crippen molar-refractivity contribution >= 4 is 29.2 Å². The van der Waals surface area contributed by atoms with Crippen molar-refractivity contribution < 1.29 is 4.42 Å². The van der Waals surface area contributed by atoms with Gasteiger partial charge in [0.05, 0.1) is 18.4 Å². The number of furan rings is 1. The number of nitrogens with two attached hydrogens (primary N) is 1. The Morgan fingerprint density at radius 2 is 1.97 bits per heavy atom. The van der Waals surface area contributed by atoms with Crippen molar-refractivity contribution in [2.75, 3.05) is 11.1 Å². The lowest BCUT2D eigenvalue weighted by Crippen LogP contribution is -2.06. The number of benzene rings is 1. The van der Waals surface area contributed by atoms with E-state index in [9.17, 15) is 5.26 Å². The lowest BCUT2D eigenvalue weighted by molar-refractivity contribution is 0.489. The monoisotopic (exact) mass is 411 g/mol. The number of nitrogens with zero attached hydrogens (tertiary/aromatic N) is 5. The molecule has 31 heavy (non-hydrogen) atoms. The highest BCUT2D eigenvalue weighted by Gasteiger charge is 2.14. The molecule has 8 heteroatoms. The highest BCUT2D eigenvalue weighted by Crippen LogP contribution is 2.23. The summed E-state index contributed by atoms with van der Waals surface area (Å²) in [4.78, 5) is 12.7. The Bertz CT molecular complexity index is 1270. The van der Waals surface area contributed by atoms with E-state index < -0.39 is 0 Å². The molecule has 0 radical (unpaired) electrons. The number of nitriles is 1. The van der Waals surface area contributed by atoms with E-state index in [4.69, 9.17) is 10.2 Å². The summed E-state index contributed by atoms with van der Waals surface area (Å²) in [5.41, 5.74) is 9.94. The topological polar surface area (TPSA) is 119 Å². The second-order valence-electron chi connectivity index (χ2n) is 6.99. The van der Waals surface area contributed by atoms with Crippen LogP contribution in [0.4, 0.5) is 17.6 Å². The van der Waals surface area contributed by atoms with Gasteiger partial charge in [-0.2, -0.15) is 20.2 Å². The van der Waals surface area contributed by atoms with Gasteiger partial charge < -0.3 is 20.0 Å². The van der Waals surface area contributed by atoms with E-state index in [0.717, 1.165) is 28.4 Å². The van der Waals surface area contributed by atoms with Crippen molar-refractivity contribution in [3.63, 3.8) is 0 Å².